The van der Waals surface area contributed by atoms with Crippen LogP contribution in [0.3, 0.4) is 0 Å². The number of hydrogen-bond acceptors (Lipinski definition) is 3. The molecule has 0 amide bonds. The van der Waals surface area contributed by atoms with Gasteiger partial charge in [0, 0.05) is 18.0 Å². The van der Waals surface area contributed by atoms with E-state index in [1.807, 2.05) is 0 Å². The van der Waals surface area contributed by atoms with E-state index in [9.17, 15) is 0 Å². The Hall–Kier alpha value is -1.06. The summed E-state index contributed by atoms with van der Waals surface area (Å²) in [4.78, 5) is 0. The lowest BCUT2D eigenvalue weighted by molar-refractivity contribution is 0.346. The zero-order valence-electron chi connectivity index (χ0n) is 9.12. The summed E-state index contributed by atoms with van der Waals surface area (Å²) in [5.74, 6) is 6.63. The van der Waals surface area contributed by atoms with E-state index in [0.717, 1.165) is 31.6 Å². The third kappa shape index (κ3) is 1.98. The van der Waals surface area contributed by atoms with Crippen LogP contribution in [0, 0.1) is 0 Å². The van der Waals surface area contributed by atoms with Crippen molar-refractivity contribution in [2.75, 3.05) is 6.61 Å². The van der Waals surface area contributed by atoms with Gasteiger partial charge >= 0.3 is 0 Å². The van der Waals surface area contributed by atoms with Crippen molar-refractivity contribution in [2.45, 2.75) is 32.2 Å². The average molecular weight is 206 g/mol. The molecule has 1 unspecified atom stereocenters. The molecule has 3 nitrogen and oxygen atoms in total. The number of benzene rings is 1. The number of ether oxygens (including phenoxy) is 1. The monoisotopic (exact) mass is 206 g/mol. The van der Waals surface area contributed by atoms with Crippen molar-refractivity contribution in [3.63, 3.8) is 0 Å². The Morgan fingerprint density at radius 1 is 1.53 bits per heavy atom. The largest absolute Gasteiger partial charge is 0.493 e. The summed E-state index contributed by atoms with van der Waals surface area (Å²) in [5.41, 5.74) is 5.38. The highest BCUT2D eigenvalue weighted by molar-refractivity contribution is 5.45. The van der Waals surface area contributed by atoms with Crippen LogP contribution in [0.5, 0.6) is 5.75 Å². The van der Waals surface area contributed by atoms with Gasteiger partial charge in [-0.05, 0) is 12.0 Å². The minimum absolute atomic E-state index is 0.211. The van der Waals surface area contributed by atoms with Gasteiger partial charge in [-0.15, -0.1) is 0 Å². The molecule has 1 heterocycles. The predicted octanol–water partition coefficient (Wildman–Crippen LogP) is 1.93. The lowest BCUT2D eigenvalue weighted by Crippen LogP contribution is -2.28. The molecular formula is C12H18N2O. The average Bonchev–Trinajstić information content (AvgIpc) is 2.73. The lowest BCUT2D eigenvalue weighted by atomic mass is 9.99. The minimum Gasteiger partial charge on any atom is -0.493 e. The first-order valence-electron chi connectivity index (χ1n) is 5.57. The lowest BCUT2D eigenvalue weighted by Gasteiger charge is -2.18. The molecule has 1 atom stereocenters. The topological polar surface area (TPSA) is 47.3 Å². The summed E-state index contributed by atoms with van der Waals surface area (Å²) in [5, 5.41) is 0. The molecule has 1 aromatic rings. The third-order valence-corrected chi connectivity index (χ3v) is 2.90. The van der Waals surface area contributed by atoms with Gasteiger partial charge in [0.25, 0.3) is 0 Å². The molecule has 2 rings (SSSR count). The minimum atomic E-state index is 0.211. The van der Waals surface area contributed by atoms with E-state index in [1.54, 1.807) is 0 Å². The molecule has 15 heavy (non-hydrogen) atoms. The predicted molar refractivity (Wildman–Crippen MR) is 60.6 cm³/mol. The normalized spacial score (nSPS) is 15.9. The molecule has 82 valence electrons. The number of hydrogen-bond donors (Lipinski definition) is 2. The quantitative estimate of drug-likeness (QED) is 0.584. The molecule has 3 N–H and O–H groups in total. The van der Waals surface area contributed by atoms with Crippen LogP contribution in [0.15, 0.2) is 18.2 Å². The Labute approximate surface area is 90.6 Å². The molecule has 0 aromatic heterocycles. The second-order valence-corrected chi connectivity index (χ2v) is 3.94. The van der Waals surface area contributed by atoms with E-state index in [-0.39, 0.29) is 6.04 Å². The van der Waals surface area contributed by atoms with E-state index >= 15 is 0 Å². The van der Waals surface area contributed by atoms with Crippen LogP contribution in [-0.4, -0.2) is 6.61 Å². The van der Waals surface area contributed by atoms with E-state index in [1.165, 1.54) is 11.1 Å². The van der Waals surface area contributed by atoms with Gasteiger partial charge < -0.3 is 4.74 Å². The second-order valence-electron chi connectivity index (χ2n) is 3.94. The van der Waals surface area contributed by atoms with E-state index < -0.39 is 0 Å². The number of nitrogens with one attached hydrogen (secondary N) is 1. The Morgan fingerprint density at radius 3 is 3.13 bits per heavy atom. The molecule has 0 saturated carbocycles. The van der Waals surface area contributed by atoms with Crippen molar-refractivity contribution in [2.24, 2.45) is 5.84 Å². The summed E-state index contributed by atoms with van der Waals surface area (Å²) in [6.07, 6.45) is 3.17. The summed E-state index contributed by atoms with van der Waals surface area (Å²) in [6, 6.07) is 6.53. The standard InChI is InChI=1S/C12H18N2O/c1-2-4-11(14-13)10-6-3-5-9-7-8-15-12(9)10/h3,5-6,11,14H,2,4,7-8,13H2,1H3. The molecule has 1 aliphatic rings. The molecule has 0 spiro atoms. The highest BCUT2D eigenvalue weighted by Gasteiger charge is 2.20. The fourth-order valence-corrected chi connectivity index (χ4v) is 2.13. The van der Waals surface area contributed by atoms with Crippen LogP contribution in [0.4, 0.5) is 0 Å². The first kappa shape index (κ1) is 10.5. The van der Waals surface area contributed by atoms with Crippen molar-refractivity contribution in [3.8, 4) is 5.75 Å². The Balaban J connectivity index is 2.30. The van der Waals surface area contributed by atoms with Gasteiger partial charge in [0.1, 0.15) is 5.75 Å². The zero-order chi connectivity index (χ0) is 10.7. The van der Waals surface area contributed by atoms with Gasteiger partial charge in [-0.3, -0.25) is 11.3 Å². The second kappa shape index (κ2) is 4.64. The number of hydrazine groups is 1. The van der Waals surface area contributed by atoms with Crippen LogP contribution in [0.25, 0.3) is 0 Å². The van der Waals surface area contributed by atoms with E-state index in [0.29, 0.717) is 0 Å². The van der Waals surface area contributed by atoms with Crippen LogP contribution in [-0.2, 0) is 6.42 Å². The maximum Gasteiger partial charge on any atom is 0.127 e. The number of para-hydroxylation sites is 1. The van der Waals surface area contributed by atoms with Crippen molar-refractivity contribution in [3.05, 3.63) is 29.3 Å². The Kier molecular flexibility index (Phi) is 3.23. The first-order chi connectivity index (χ1) is 7.36. The highest BCUT2D eigenvalue weighted by atomic mass is 16.5. The van der Waals surface area contributed by atoms with Crippen molar-refractivity contribution in [1.29, 1.82) is 0 Å². The van der Waals surface area contributed by atoms with E-state index in [4.69, 9.17) is 10.6 Å². The van der Waals surface area contributed by atoms with Gasteiger partial charge in [0.05, 0.1) is 6.61 Å². The molecule has 1 aliphatic heterocycles. The third-order valence-electron chi connectivity index (χ3n) is 2.90. The number of fused-ring (bicyclic) bond motifs is 1. The van der Waals surface area contributed by atoms with Gasteiger partial charge in [0.15, 0.2) is 0 Å². The number of rotatable bonds is 4. The Morgan fingerprint density at radius 2 is 2.40 bits per heavy atom. The highest BCUT2D eigenvalue weighted by Crippen LogP contribution is 2.34. The fourth-order valence-electron chi connectivity index (χ4n) is 2.13. The van der Waals surface area contributed by atoms with Gasteiger partial charge in [0.2, 0.25) is 0 Å². The van der Waals surface area contributed by atoms with Crippen LogP contribution in [0.1, 0.15) is 36.9 Å². The zero-order valence-corrected chi connectivity index (χ0v) is 9.12. The first-order valence-corrected chi connectivity index (χ1v) is 5.57. The van der Waals surface area contributed by atoms with Crippen molar-refractivity contribution >= 4 is 0 Å². The summed E-state index contributed by atoms with van der Waals surface area (Å²) in [6.45, 7) is 2.96. The molecule has 3 heteroatoms. The van der Waals surface area contributed by atoms with Crippen LogP contribution < -0.4 is 16.0 Å². The SMILES string of the molecule is CCCC(NN)c1cccc2c1OCC2. The fraction of sp³-hybridized carbons (Fsp3) is 0.500. The maximum atomic E-state index is 5.66. The van der Waals surface area contributed by atoms with Crippen LogP contribution in [0.2, 0.25) is 0 Å². The van der Waals surface area contributed by atoms with Gasteiger partial charge in [-0.2, -0.15) is 0 Å². The summed E-state index contributed by atoms with van der Waals surface area (Å²) >= 11 is 0. The molecule has 0 aliphatic carbocycles. The number of nitrogens with two attached hydrogens (primary N) is 1. The molecular weight excluding hydrogens is 188 g/mol. The molecule has 0 saturated heterocycles. The summed E-state index contributed by atoms with van der Waals surface area (Å²) < 4.78 is 5.66. The van der Waals surface area contributed by atoms with Gasteiger partial charge in [-0.25, -0.2) is 0 Å². The maximum absolute atomic E-state index is 5.66. The molecule has 1 aromatic carbocycles. The molecule has 0 fully saturated rings. The van der Waals surface area contributed by atoms with E-state index in [2.05, 4.69) is 30.5 Å². The van der Waals surface area contributed by atoms with Crippen LogP contribution >= 0.6 is 0 Å². The van der Waals surface area contributed by atoms with Crippen molar-refractivity contribution < 1.29 is 4.74 Å². The Bertz CT molecular complexity index is 338. The van der Waals surface area contributed by atoms with Gasteiger partial charge in [-0.1, -0.05) is 31.5 Å². The smallest absolute Gasteiger partial charge is 0.127 e. The summed E-state index contributed by atoms with van der Waals surface area (Å²) in [7, 11) is 0. The van der Waals surface area contributed by atoms with Crippen molar-refractivity contribution in [1.82, 2.24) is 5.43 Å². The molecule has 0 bridgehead atoms. The molecule has 0 radical (unpaired) electrons.